The standard InChI is InChI=1S/C29H28N4O5S/c1-38-25-20-23(29(35)33-17-15-32(16-18-33)27(34)19-21-7-3-2-4-8-21)12-13-24(25)31-39(36,37)26-11-5-9-22-10-6-14-30-28(22)26/h2-14,20,31H,15-19H2,1H3. The third-order valence-electron chi connectivity index (χ3n) is 6.70. The minimum atomic E-state index is -3.99. The Morgan fingerprint density at radius 2 is 1.62 bits per heavy atom. The maximum Gasteiger partial charge on any atom is 0.264 e. The Morgan fingerprint density at radius 1 is 0.897 bits per heavy atom. The fraction of sp³-hybridized carbons (Fsp3) is 0.207. The normalized spacial score (nSPS) is 13.8. The van der Waals surface area contributed by atoms with Crippen LogP contribution in [0.3, 0.4) is 0 Å². The van der Waals surface area contributed by atoms with E-state index in [4.69, 9.17) is 4.74 Å². The van der Waals surface area contributed by atoms with Gasteiger partial charge in [0, 0.05) is 43.3 Å². The van der Waals surface area contributed by atoms with E-state index in [1.165, 1.54) is 25.3 Å². The first-order chi connectivity index (χ1) is 18.9. The molecule has 4 aromatic rings. The second-order valence-corrected chi connectivity index (χ2v) is 10.8. The van der Waals surface area contributed by atoms with Crippen LogP contribution in [0.25, 0.3) is 10.9 Å². The number of para-hydroxylation sites is 1. The van der Waals surface area contributed by atoms with E-state index in [2.05, 4.69) is 9.71 Å². The summed E-state index contributed by atoms with van der Waals surface area (Å²) in [4.78, 5) is 33.6. The lowest BCUT2D eigenvalue weighted by atomic mass is 10.1. The van der Waals surface area contributed by atoms with Gasteiger partial charge in [-0.15, -0.1) is 0 Å². The van der Waals surface area contributed by atoms with Gasteiger partial charge in [-0.25, -0.2) is 8.42 Å². The Morgan fingerprint density at radius 3 is 2.36 bits per heavy atom. The molecule has 0 unspecified atom stereocenters. The first-order valence-electron chi connectivity index (χ1n) is 12.5. The minimum absolute atomic E-state index is 0.0352. The van der Waals surface area contributed by atoms with Crippen molar-refractivity contribution in [3.8, 4) is 5.75 Å². The monoisotopic (exact) mass is 544 g/mol. The molecule has 0 aliphatic carbocycles. The number of nitrogens with one attached hydrogen (secondary N) is 1. The summed E-state index contributed by atoms with van der Waals surface area (Å²) in [5.74, 6) is 0.0402. The van der Waals surface area contributed by atoms with Crippen molar-refractivity contribution in [3.05, 3.63) is 96.2 Å². The summed E-state index contributed by atoms with van der Waals surface area (Å²) in [5.41, 5.74) is 1.89. The number of hydrogen-bond donors (Lipinski definition) is 1. The fourth-order valence-electron chi connectivity index (χ4n) is 4.63. The number of piperazine rings is 1. The van der Waals surface area contributed by atoms with Crippen molar-refractivity contribution < 1.29 is 22.7 Å². The minimum Gasteiger partial charge on any atom is -0.495 e. The van der Waals surface area contributed by atoms with Crippen molar-refractivity contribution in [3.63, 3.8) is 0 Å². The average molecular weight is 545 g/mol. The molecule has 39 heavy (non-hydrogen) atoms. The number of benzene rings is 3. The lowest BCUT2D eigenvalue weighted by Gasteiger charge is -2.35. The molecular formula is C29H28N4O5S. The van der Waals surface area contributed by atoms with Crippen LogP contribution in [-0.4, -0.2) is 68.3 Å². The van der Waals surface area contributed by atoms with Crippen molar-refractivity contribution >= 4 is 38.4 Å². The third kappa shape index (κ3) is 5.70. The van der Waals surface area contributed by atoms with Crippen LogP contribution in [0.2, 0.25) is 0 Å². The lowest BCUT2D eigenvalue weighted by Crippen LogP contribution is -2.51. The highest BCUT2D eigenvalue weighted by Crippen LogP contribution is 2.30. The number of anilines is 1. The Labute approximate surface area is 227 Å². The maximum absolute atomic E-state index is 13.2. The number of aromatic nitrogens is 1. The van der Waals surface area contributed by atoms with Gasteiger partial charge in [-0.2, -0.15) is 0 Å². The van der Waals surface area contributed by atoms with Gasteiger partial charge in [-0.3, -0.25) is 19.3 Å². The molecule has 1 N–H and O–H groups in total. The van der Waals surface area contributed by atoms with Crippen LogP contribution in [0.4, 0.5) is 5.69 Å². The molecule has 1 aromatic heterocycles. The molecule has 1 fully saturated rings. The first kappa shape index (κ1) is 26.2. The molecule has 0 atom stereocenters. The molecule has 0 saturated carbocycles. The van der Waals surface area contributed by atoms with Gasteiger partial charge in [0.15, 0.2) is 0 Å². The molecule has 1 aliphatic heterocycles. The van der Waals surface area contributed by atoms with Gasteiger partial charge in [-0.1, -0.05) is 48.5 Å². The van der Waals surface area contributed by atoms with Gasteiger partial charge in [0.05, 0.1) is 24.7 Å². The van der Waals surface area contributed by atoms with E-state index in [0.29, 0.717) is 49.1 Å². The molecular weight excluding hydrogens is 516 g/mol. The van der Waals surface area contributed by atoms with Crippen LogP contribution in [0.5, 0.6) is 5.75 Å². The predicted molar refractivity (Wildman–Crippen MR) is 148 cm³/mol. The van der Waals surface area contributed by atoms with Crippen molar-refractivity contribution in [2.75, 3.05) is 38.0 Å². The summed E-state index contributed by atoms with van der Waals surface area (Å²) >= 11 is 0. The molecule has 2 heterocycles. The number of fused-ring (bicyclic) bond motifs is 1. The number of methoxy groups -OCH3 is 1. The molecule has 5 rings (SSSR count). The Balaban J connectivity index is 1.27. The second kappa shape index (κ2) is 11.1. The molecule has 1 aliphatic rings. The highest BCUT2D eigenvalue weighted by Gasteiger charge is 2.26. The Bertz CT molecular complexity index is 1610. The molecule has 0 radical (unpaired) electrons. The van der Waals surface area contributed by atoms with Crippen LogP contribution in [0.1, 0.15) is 15.9 Å². The number of hydrogen-bond acceptors (Lipinski definition) is 6. The van der Waals surface area contributed by atoms with Crippen LogP contribution in [0, 0.1) is 0 Å². The van der Waals surface area contributed by atoms with E-state index in [-0.39, 0.29) is 28.1 Å². The maximum atomic E-state index is 13.2. The number of ether oxygens (including phenoxy) is 1. The van der Waals surface area contributed by atoms with Gasteiger partial charge >= 0.3 is 0 Å². The van der Waals surface area contributed by atoms with E-state index >= 15 is 0 Å². The van der Waals surface area contributed by atoms with Crippen molar-refractivity contribution in [1.82, 2.24) is 14.8 Å². The van der Waals surface area contributed by atoms with Gasteiger partial charge in [0.2, 0.25) is 5.91 Å². The molecule has 3 aromatic carbocycles. The number of amides is 2. The average Bonchev–Trinajstić information content (AvgIpc) is 2.97. The summed E-state index contributed by atoms with van der Waals surface area (Å²) in [6.07, 6.45) is 1.87. The molecule has 9 nitrogen and oxygen atoms in total. The van der Waals surface area contributed by atoms with Gasteiger partial charge in [0.1, 0.15) is 10.6 Å². The molecule has 10 heteroatoms. The van der Waals surface area contributed by atoms with Gasteiger partial charge < -0.3 is 14.5 Å². The second-order valence-electron chi connectivity index (χ2n) is 9.19. The zero-order valence-electron chi connectivity index (χ0n) is 21.4. The van der Waals surface area contributed by atoms with E-state index in [9.17, 15) is 18.0 Å². The predicted octanol–water partition coefficient (Wildman–Crippen LogP) is 3.57. The number of rotatable bonds is 7. The molecule has 200 valence electrons. The smallest absolute Gasteiger partial charge is 0.264 e. The van der Waals surface area contributed by atoms with E-state index in [0.717, 1.165) is 5.56 Å². The van der Waals surface area contributed by atoms with E-state index in [1.54, 1.807) is 46.3 Å². The Kier molecular flexibility index (Phi) is 7.47. The van der Waals surface area contributed by atoms with Crippen LogP contribution < -0.4 is 9.46 Å². The van der Waals surface area contributed by atoms with Crippen LogP contribution in [-0.2, 0) is 21.2 Å². The first-order valence-corrected chi connectivity index (χ1v) is 14.0. The van der Waals surface area contributed by atoms with Crippen LogP contribution >= 0.6 is 0 Å². The Hall–Kier alpha value is -4.44. The lowest BCUT2D eigenvalue weighted by molar-refractivity contribution is -0.131. The molecule has 0 bridgehead atoms. The number of nitrogens with zero attached hydrogens (tertiary/aromatic N) is 3. The van der Waals surface area contributed by atoms with E-state index < -0.39 is 10.0 Å². The number of sulfonamides is 1. The molecule has 0 spiro atoms. The summed E-state index contributed by atoms with van der Waals surface area (Å²) in [5, 5.41) is 0.704. The van der Waals surface area contributed by atoms with Crippen molar-refractivity contribution in [2.24, 2.45) is 0 Å². The largest absolute Gasteiger partial charge is 0.495 e. The number of carbonyl (C=O) groups excluding carboxylic acids is 2. The van der Waals surface area contributed by atoms with Crippen molar-refractivity contribution in [1.29, 1.82) is 0 Å². The highest BCUT2D eigenvalue weighted by atomic mass is 32.2. The topological polar surface area (TPSA) is 109 Å². The van der Waals surface area contributed by atoms with Gasteiger partial charge in [-0.05, 0) is 35.9 Å². The number of carbonyl (C=O) groups is 2. The molecule has 1 saturated heterocycles. The van der Waals surface area contributed by atoms with Crippen LogP contribution in [0.15, 0.2) is 90.0 Å². The van der Waals surface area contributed by atoms with E-state index in [1.807, 2.05) is 30.3 Å². The zero-order chi connectivity index (χ0) is 27.4. The summed E-state index contributed by atoms with van der Waals surface area (Å²) in [7, 11) is -2.57. The summed E-state index contributed by atoms with van der Waals surface area (Å²) < 4.78 is 34.5. The van der Waals surface area contributed by atoms with Crippen molar-refractivity contribution in [2.45, 2.75) is 11.3 Å². The third-order valence-corrected chi connectivity index (χ3v) is 8.09. The zero-order valence-corrected chi connectivity index (χ0v) is 22.2. The SMILES string of the molecule is COc1cc(C(=O)N2CCN(C(=O)Cc3ccccc3)CC2)ccc1NS(=O)(=O)c1cccc2cccnc12. The quantitative estimate of drug-likeness (QED) is 0.381. The van der Waals surface area contributed by atoms with Gasteiger partial charge in [0.25, 0.3) is 15.9 Å². The highest BCUT2D eigenvalue weighted by molar-refractivity contribution is 7.93. The fourth-order valence-corrected chi connectivity index (χ4v) is 5.88. The summed E-state index contributed by atoms with van der Waals surface area (Å²) in [6, 6.07) is 22.7. The number of pyridine rings is 1. The molecule has 2 amide bonds. The summed E-state index contributed by atoms with van der Waals surface area (Å²) in [6.45, 7) is 1.71.